The van der Waals surface area contributed by atoms with Crippen LogP contribution in [0.25, 0.3) is 0 Å². The first kappa shape index (κ1) is 16.4. The molecule has 1 aromatic rings. The number of hydrogen-bond acceptors (Lipinski definition) is 3. The lowest BCUT2D eigenvalue weighted by Gasteiger charge is -2.18. The second-order valence-corrected chi connectivity index (χ2v) is 3.75. The van der Waals surface area contributed by atoms with E-state index >= 15 is 0 Å². The molecule has 0 aliphatic rings. The van der Waals surface area contributed by atoms with Gasteiger partial charge in [0.25, 0.3) is 0 Å². The number of ether oxygens (including phenoxy) is 2. The topological polar surface area (TPSA) is 38.7 Å². The quantitative estimate of drug-likeness (QED) is 0.849. The van der Waals surface area contributed by atoms with Crippen molar-refractivity contribution in [3.63, 3.8) is 0 Å². The van der Waals surface area contributed by atoms with Crippen molar-refractivity contribution < 1.29 is 40.9 Å². The molecule has 9 heteroatoms. The van der Waals surface area contributed by atoms with Crippen molar-refractivity contribution in [2.45, 2.75) is 12.5 Å². The van der Waals surface area contributed by atoms with Gasteiger partial charge in [-0.1, -0.05) is 0 Å². The fraction of sp³-hybridized carbons (Fsp3) is 0.455. The van der Waals surface area contributed by atoms with E-state index in [0.717, 1.165) is 24.3 Å². The van der Waals surface area contributed by atoms with E-state index in [4.69, 9.17) is 9.84 Å². The first-order chi connectivity index (χ1) is 9.12. The van der Waals surface area contributed by atoms with Gasteiger partial charge in [-0.15, -0.1) is 13.2 Å². The molecule has 1 N–H and O–H groups in total. The van der Waals surface area contributed by atoms with Crippen molar-refractivity contribution >= 4 is 0 Å². The maximum absolute atomic E-state index is 12.3. The standard InChI is InChI=1S/C11H10F6O3/c12-10(13,14)7(5-18)6-19-8-1-3-9(4-2-8)20-11(15,16)17/h1-4,7,18H,5-6H2. The molecule has 0 heterocycles. The average molecular weight is 304 g/mol. The van der Waals surface area contributed by atoms with Gasteiger partial charge in [-0.05, 0) is 24.3 Å². The Hall–Kier alpha value is -1.64. The summed E-state index contributed by atoms with van der Waals surface area (Å²) >= 11 is 0. The molecule has 0 aliphatic heterocycles. The molecule has 0 bridgehead atoms. The van der Waals surface area contributed by atoms with Gasteiger partial charge in [0.1, 0.15) is 24.0 Å². The fourth-order valence-corrected chi connectivity index (χ4v) is 1.19. The highest BCUT2D eigenvalue weighted by molar-refractivity contribution is 5.31. The van der Waals surface area contributed by atoms with Gasteiger partial charge in [0, 0.05) is 0 Å². The molecule has 114 valence electrons. The maximum Gasteiger partial charge on any atom is 0.573 e. The first-order valence-electron chi connectivity index (χ1n) is 5.28. The van der Waals surface area contributed by atoms with Gasteiger partial charge in [0.15, 0.2) is 0 Å². The Labute approximate surface area is 109 Å². The molecule has 0 radical (unpaired) electrons. The van der Waals surface area contributed by atoms with Gasteiger partial charge in [-0.3, -0.25) is 0 Å². The van der Waals surface area contributed by atoms with Crippen LogP contribution in [0.5, 0.6) is 11.5 Å². The predicted octanol–water partition coefficient (Wildman–Crippen LogP) is 3.13. The summed E-state index contributed by atoms with van der Waals surface area (Å²) in [5, 5.41) is 8.57. The molecular formula is C11H10F6O3. The van der Waals surface area contributed by atoms with E-state index in [1.54, 1.807) is 0 Å². The van der Waals surface area contributed by atoms with Crippen molar-refractivity contribution in [2.75, 3.05) is 13.2 Å². The second-order valence-electron chi connectivity index (χ2n) is 3.75. The minimum Gasteiger partial charge on any atom is -0.493 e. The molecule has 1 atom stereocenters. The SMILES string of the molecule is OCC(COc1ccc(OC(F)(F)F)cc1)C(F)(F)F. The van der Waals surface area contributed by atoms with Crippen LogP contribution in [0.4, 0.5) is 26.3 Å². The third kappa shape index (κ3) is 5.55. The van der Waals surface area contributed by atoms with Crippen LogP contribution >= 0.6 is 0 Å². The summed E-state index contributed by atoms with van der Waals surface area (Å²) in [6, 6.07) is 3.88. The van der Waals surface area contributed by atoms with Gasteiger partial charge in [-0.25, -0.2) is 0 Å². The second kappa shape index (κ2) is 6.21. The lowest BCUT2D eigenvalue weighted by atomic mass is 10.2. The van der Waals surface area contributed by atoms with Crippen LogP contribution in [0.2, 0.25) is 0 Å². The number of benzene rings is 1. The minimum absolute atomic E-state index is 0.0674. The number of halogens is 6. The van der Waals surface area contributed by atoms with Crippen LogP contribution in [-0.2, 0) is 0 Å². The highest BCUT2D eigenvalue weighted by atomic mass is 19.4. The maximum atomic E-state index is 12.3. The van der Waals surface area contributed by atoms with Crippen molar-refractivity contribution in [1.82, 2.24) is 0 Å². The summed E-state index contributed by atoms with van der Waals surface area (Å²) in [7, 11) is 0. The van der Waals surface area contributed by atoms with E-state index in [0.29, 0.717) is 0 Å². The van der Waals surface area contributed by atoms with Crippen molar-refractivity contribution in [1.29, 1.82) is 0 Å². The van der Waals surface area contributed by atoms with E-state index in [-0.39, 0.29) is 5.75 Å². The zero-order valence-corrected chi connectivity index (χ0v) is 9.83. The average Bonchev–Trinajstić information content (AvgIpc) is 2.28. The Bertz CT molecular complexity index is 412. The molecule has 0 spiro atoms. The Morgan fingerprint density at radius 3 is 1.85 bits per heavy atom. The number of hydrogen-bond donors (Lipinski definition) is 1. The van der Waals surface area contributed by atoms with E-state index in [1.165, 1.54) is 0 Å². The minimum atomic E-state index is -4.85. The van der Waals surface area contributed by atoms with E-state index in [1.807, 2.05) is 0 Å². The summed E-state index contributed by atoms with van der Waals surface area (Å²) in [5.74, 6) is -2.64. The predicted molar refractivity (Wildman–Crippen MR) is 55.3 cm³/mol. The first-order valence-corrected chi connectivity index (χ1v) is 5.28. The van der Waals surface area contributed by atoms with Gasteiger partial charge in [0.2, 0.25) is 0 Å². The third-order valence-corrected chi connectivity index (χ3v) is 2.19. The van der Waals surface area contributed by atoms with Crippen LogP contribution < -0.4 is 9.47 Å². The Morgan fingerprint density at radius 2 is 1.45 bits per heavy atom. The molecular weight excluding hydrogens is 294 g/mol. The zero-order valence-electron chi connectivity index (χ0n) is 9.83. The van der Waals surface area contributed by atoms with Gasteiger partial charge >= 0.3 is 12.5 Å². The number of aliphatic hydroxyl groups is 1. The Kier molecular flexibility index (Phi) is 5.09. The summed E-state index contributed by atoms with van der Waals surface area (Å²) in [4.78, 5) is 0. The molecule has 0 saturated heterocycles. The molecule has 1 aromatic carbocycles. The molecule has 0 saturated carbocycles. The summed E-state index contributed by atoms with van der Waals surface area (Å²) in [5.41, 5.74) is 0. The number of alkyl halides is 6. The van der Waals surface area contributed by atoms with Gasteiger partial charge in [0.05, 0.1) is 6.61 Å². The highest BCUT2D eigenvalue weighted by Crippen LogP contribution is 2.28. The monoisotopic (exact) mass is 304 g/mol. The van der Waals surface area contributed by atoms with Crippen molar-refractivity contribution in [3.8, 4) is 11.5 Å². The van der Waals surface area contributed by atoms with E-state index < -0.39 is 37.4 Å². The molecule has 20 heavy (non-hydrogen) atoms. The Balaban J connectivity index is 2.58. The van der Waals surface area contributed by atoms with Gasteiger partial charge < -0.3 is 14.6 Å². The molecule has 0 amide bonds. The summed E-state index contributed by atoms with van der Waals surface area (Å²) in [6.45, 7) is -1.97. The van der Waals surface area contributed by atoms with Crippen LogP contribution in [-0.4, -0.2) is 30.9 Å². The largest absolute Gasteiger partial charge is 0.573 e. The number of rotatable bonds is 5. The normalized spacial score (nSPS) is 13.9. The Morgan fingerprint density at radius 1 is 0.950 bits per heavy atom. The van der Waals surface area contributed by atoms with Crippen LogP contribution in [0.15, 0.2) is 24.3 Å². The van der Waals surface area contributed by atoms with Crippen molar-refractivity contribution in [3.05, 3.63) is 24.3 Å². The number of aliphatic hydroxyl groups excluding tert-OH is 1. The summed E-state index contributed by atoms with van der Waals surface area (Å²) in [6.07, 6.45) is -9.46. The van der Waals surface area contributed by atoms with Gasteiger partial charge in [-0.2, -0.15) is 13.2 Å². The molecule has 0 aliphatic carbocycles. The zero-order chi connectivity index (χ0) is 15.4. The lowest BCUT2D eigenvalue weighted by Crippen LogP contribution is -2.31. The molecule has 0 fully saturated rings. The van der Waals surface area contributed by atoms with Crippen LogP contribution in [0.3, 0.4) is 0 Å². The van der Waals surface area contributed by atoms with E-state index in [2.05, 4.69) is 4.74 Å². The molecule has 1 rings (SSSR count). The fourth-order valence-electron chi connectivity index (χ4n) is 1.19. The van der Waals surface area contributed by atoms with Crippen molar-refractivity contribution in [2.24, 2.45) is 5.92 Å². The highest BCUT2D eigenvalue weighted by Gasteiger charge is 2.39. The van der Waals surface area contributed by atoms with E-state index in [9.17, 15) is 26.3 Å². The molecule has 0 aromatic heterocycles. The molecule has 1 unspecified atom stereocenters. The smallest absolute Gasteiger partial charge is 0.493 e. The van der Waals surface area contributed by atoms with Crippen LogP contribution in [0.1, 0.15) is 0 Å². The molecule has 3 nitrogen and oxygen atoms in total. The summed E-state index contributed by atoms with van der Waals surface area (Å²) < 4.78 is 80.8. The third-order valence-electron chi connectivity index (χ3n) is 2.19. The lowest BCUT2D eigenvalue weighted by molar-refractivity contribution is -0.274. The van der Waals surface area contributed by atoms with Crippen LogP contribution in [0, 0.1) is 5.92 Å².